The van der Waals surface area contributed by atoms with Crippen LogP contribution < -0.4 is 4.73 Å². The second-order valence-electron chi connectivity index (χ2n) is 3.09. The van der Waals surface area contributed by atoms with Crippen molar-refractivity contribution in [2.45, 2.75) is 0 Å². The molecule has 0 saturated heterocycles. The molecule has 0 fully saturated rings. The zero-order valence-corrected chi connectivity index (χ0v) is 8.08. The first-order chi connectivity index (χ1) is 7.34. The molecule has 74 valence electrons. The summed E-state index contributed by atoms with van der Waals surface area (Å²) in [6.07, 6.45) is 8.00. The number of hydrogen-bond acceptors (Lipinski definition) is 2. The van der Waals surface area contributed by atoms with Gasteiger partial charge in [0, 0.05) is 0 Å². The van der Waals surface area contributed by atoms with Gasteiger partial charge in [0.2, 0.25) is 6.20 Å². The summed E-state index contributed by atoms with van der Waals surface area (Å²) in [5, 5.41) is 10.9. The van der Waals surface area contributed by atoms with E-state index in [4.69, 9.17) is 0 Å². The van der Waals surface area contributed by atoms with E-state index < -0.39 is 0 Å². The van der Waals surface area contributed by atoms with Crippen LogP contribution in [0.2, 0.25) is 0 Å². The Labute approximate surface area is 87.9 Å². The average Bonchev–Trinajstić information content (AvgIpc) is 2.28. The summed E-state index contributed by atoms with van der Waals surface area (Å²) in [5.41, 5.74) is 1.73. The summed E-state index contributed by atoms with van der Waals surface area (Å²) in [6.45, 7) is 0. The van der Waals surface area contributed by atoms with E-state index in [0.29, 0.717) is 5.69 Å². The molecule has 3 heteroatoms. The predicted molar refractivity (Wildman–Crippen MR) is 58.6 cm³/mol. The van der Waals surface area contributed by atoms with E-state index >= 15 is 0 Å². The summed E-state index contributed by atoms with van der Waals surface area (Å²) in [7, 11) is 0. The van der Waals surface area contributed by atoms with E-state index in [1.54, 1.807) is 0 Å². The number of benzene rings is 1. The van der Waals surface area contributed by atoms with Crippen molar-refractivity contribution in [3.63, 3.8) is 0 Å². The molecular weight excluding hydrogens is 188 g/mol. The van der Waals surface area contributed by atoms with Crippen molar-refractivity contribution in [2.75, 3.05) is 0 Å². The van der Waals surface area contributed by atoms with E-state index in [-0.39, 0.29) is 0 Å². The van der Waals surface area contributed by atoms with E-state index in [1.807, 2.05) is 42.5 Å². The Kier molecular flexibility index (Phi) is 2.74. The summed E-state index contributed by atoms with van der Waals surface area (Å²) < 4.78 is 0.734. The van der Waals surface area contributed by atoms with Gasteiger partial charge in [0.05, 0.1) is 6.20 Å². The minimum absolute atomic E-state index is 0.649. The zero-order valence-electron chi connectivity index (χ0n) is 8.08. The minimum Gasteiger partial charge on any atom is -0.619 e. The number of aromatic nitrogens is 2. The second-order valence-corrected chi connectivity index (χ2v) is 3.09. The van der Waals surface area contributed by atoms with Crippen LogP contribution in [0.3, 0.4) is 0 Å². The van der Waals surface area contributed by atoms with Crippen LogP contribution in [-0.4, -0.2) is 4.98 Å². The summed E-state index contributed by atoms with van der Waals surface area (Å²) in [6, 6.07) is 9.87. The van der Waals surface area contributed by atoms with Crippen LogP contribution in [-0.2, 0) is 0 Å². The lowest BCUT2D eigenvalue weighted by molar-refractivity contribution is -0.606. The van der Waals surface area contributed by atoms with Crippen LogP contribution in [0.5, 0.6) is 0 Å². The monoisotopic (exact) mass is 198 g/mol. The highest BCUT2D eigenvalue weighted by atomic mass is 16.5. The van der Waals surface area contributed by atoms with Gasteiger partial charge in [-0.1, -0.05) is 36.4 Å². The fourth-order valence-electron chi connectivity index (χ4n) is 1.22. The highest BCUT2D eigenvalue weighted by Gasteiger charge is 1.92. The smallest absolute Gasteiger partial charge is 0.206 e. The number of rotatable bonds is 2. The van der Waals surface area contributed by atoms with Crippen LogP contribution in [0.1, 0.15) is 11.3 Å². The molecular formula is C12H10N2O. The molecule has 0 saturated carbocycles. The molecule has 0 aliphatic heterocycles. The molecule has 0 bridgehead atoms. The molecule has 1 heterocycles. The minimum atomic E-state index is 0.649. The van der Waals surface area contributed by atoms with Gasteiger partial charge in [-0.3, -0.25) is 0 Å². The molecule has 1 aromatic heterocycles. The molecule has 2 aromatic rings. The van der Waals surface area contributed by atoms with Crippen molar-refractivity contribution >= 4 is 12.2 Å². The van der Waals surface area contributed by atoms with Gasteiger partial charge in [0.25, 0.3) is 0 Å². The van der Waals surface area contributed by atoms with Crippen molar-refractivity contribution in [3.8, 4) is 0 Å². The van der Waals surface area contributed by atoms with Gasteiger partial charge in [-0.2, -0.15) is 4.73 Å². The van der Waals surface area contributed by atoms with E-state index in [1.165, 1.54) is 18.6 Å². The number of hydrogen-bond donors (Lipinski definition) is 0. The lowest BCUT2D eigenvalue weighted by Gasteiger charge is -1.95. The highest BCUT2D eigenvalue weighted by molar-refractivity contribution is 5.67. The first-order valence-electron chi connectivity index (χ1n) is 4.62. The Morgan fingerprint density at radius 2 is 1.93 bits per heavy atom. The van der Waals surface area contributed by atoms with Crippen molar-refractivity contribution in [1.82, 2.24) is 4.98 Å². The Morgan fingerprint density at radius 3 is 2.67 bits per heavy atom. The molecule has 15 heavy (non-hydrogen) atoms. The molecule has 1 aromatic carbocycles. The van der Waals surface area contributed by atoms with Crippen molar-refractivity contribution in [2.24, 2.45) is 0 Å². The lowest BCUT2D eigenvalue weighted by atomic mass is 10.2. The fourth-order valence-corrected chi connectivity index (χ4v) is 1.22. The third kappa shape index (κ3) is 2.64. The van der Waals surface area contributed by atoms with Gasteiger partial charge in [-0.25, -0.2) is 4.98 Å². The zero-order chi connectivity index (χ0) is 10.5. The number of nitrogens with zero attached hydrogens (tertiary/aromatic N) is 2. The Bertz CT molecular complexity index is 466. The SMILES string of the molecule is [O-][n+]1ccnc(/C=C/c2ccccc2)c1. The Balaban J connectivity index is 2.19. The van der Waals surface area contributed by atoms with Gasteiger partial charge in [0.1, 0.15) is 5.69 Å². The molecule has 0 radical (unpaired) electrons. The standard InChI is InChI=1S/C12H10N2O/c15-14-9-8-13-12(10-14)7-6-11-4-2-1-3-5-11/h1-10H/b7-6+. The van der Waals surface area contributed by atoms with Gasteiger partial charge in [0.15, 0.2) is 6.20 Å². The van der Waals surface area contributed by atoms with Gasteiger partial charge in [-0.05, 0) is 11.6 Å². The molecule has 0 aliphatic rings. The van der Waals surface area contributed by atoms with Crippen molar-refractivity contribution < 1.29 is 4.73 Å². The van der Waals surface area contributed by atoms with Crippen LogP contribution in [0.4, 0.5) is 0 Å². The van der Waals surface area contributed by atoms with Crippen LogP contribution >= 0.6 is 0 Å². The van der Waals surface area contributed by atoms with Crippen LogP contribution in [0.15, 0.2) is 48.9 Å². The Hall–Kier alpha value is -2.16. The van der Waals surface area contributed by atoms with Gasteiger partial charge in [-0.15, -0.1) is 0 Å². The van der Waals surface area contributed by atoms with Gasteiger partial charge >= 0.3 is 0 Å². The molecule has 3 nitrogen and oxygen atoms in total. The predicted octanol–water partition coefficient (Wildman–Crippen LogP) is 1.89. The maximum atomic E-state index is 10.9. The quantitative estimate of drug-likeness (QED) is 0.546. The molecule has 0 atom stereocenters. The third-order valence-electron chi connectivity index (χ3n) is 1.94. The molecule has 0 N–H and O–H groups in total. The largest absolute Gasteiger partial charge is 0.619 e. The Morgan fingerprint density at radius 1 is 1.13 bits per heavy atom. The fraction of sp³-hybridized carbons (Fsp3) is 0. The van der Waals surface area contributed by atoms with Crippen molar-refractivity contribution in [3.05, 3.63) is 65.4 Å². The molecule has 2 rings (SSSR count). The summed E-state index contributed by atoms with van der Waals surface area (Å²) in [4.78, 5) is 4.05. The topological polar surface area (TPSA) is 39.8 Å². The maximum Gasteiger partial charge on any atom is 0.206 e. The second kappa shape index (κ2) is 4.37. The normalized spacial score (nSPS) is 10.7. The molecule has 0 amide bonds. The molecule has 0 spiro atoms. The van der Waals surface area contributed by atoms with E-state index in [0.717, 1.165) is 10.3 Å². The lowest BCUT2D eigenvalue weighted by Crippen LogP contribution is -2.24. The molecule has 0 unspecified atom stereocenters. The summed E-state index contributed by atoms with van der Waals surface area (Å²) >= 11 is 0. The van der Waals surface area contributed by atoms with Gasteiger partial charge < -0.3 is 5.21 Å². The van der Waals surface area contributed by atoms with E-state index in [9.17, 15) is 5.21 Å². The maximum absolute atomic E-state index is 10.9. The van der Waals surface area contributed by atoms with Crippen LogP contribution in [0, 0.1) is 5.21 Å². The average molecular weight is 198 g/mol. The summed E-state index contributed by atoms with van der Waals surface area (Å²) in [5.74, 6) is 0. The van der Waals surface area contributed by atoms with E-state index in [2.05, 4.69) is 4.98 Å². The third-order valence-corrected chi connectivity index (χ3v) is 1.94. The first kappa shape index (κ1) is 9.40. The highest BCUT2D eigenvalue weighted by Crippen LogP contribution is 2.04. The van der Waals surface area contributed by atoms with Crippen LogP contribution in [0.25, 0.3) is 12.2 Å². The first-order valence-corrected chi connectivity index (χ1v) is 4.62. The molecule has 0 aliphatic carbocycles. The van der Waals surface area contributed by atoms with Crippen molar-refractivity contribution in [1.29, 1.82) is 0 Å².